The highest BCUT2D eigenvalue weighted by molar-refractivity contribution is 5.71. The van der Waals surface area contributed by atoms with E-state index in [2.05, 4.69) is 19.9 Å². The van der Waals surface area contributed by atoms with Crippen LogP contribution >= 0.6 is 0 Å². The van der Waals surface area contributed by atoms with Crippen molar-refractivity contribution in [2.75, 3.05) is 26.4 Å². The van der Waals surface area contributed by atoms with E-state index in [9.17, 15) is 39.6 Å². The lowest BCUT2D eigenvalue weighted by Gasteiger charge is -2.38. The van der Waals surface area contributed by atoms with Crippen molar-refractivity contribution >= 4 is 23.9 Å². The SMILES string of the molecule is CCOC(=O)CCCC1(c2cccc(O)c2)c2ccc([nH]2)C(CCCC(=O)OCC)(c2cccc(O)c2)c2ccc([nH]2)C(CCCC(=O)OCC)(c2cccc(O)c2)c2ccc([nH]2)C(CCCC(=O)OCC)(c2cccc(O)c2)c2ccc1[nH]2. The van der Waals surface area contributed by atoms with Gasteiger partial charge in [-0.05, 0) is 198 Å². The van der Waals surface area contributed by atoms with Crippen LogP contribution in [-0.4, -0.2) is 90.7 Å². The highest BCUT2D eigenvalue weighted by atomic mass is 16.5. The number of phenols is 4. The van der Waals surface area contributed by atoms with Gasteiger partial charge in [0.05, 0.1) is 48.1 Å². The van der Waals surface area contributed by atoms with Crippen LogP contribution in [0.5, 0.6) is 23.0 Å². The molecule has 8 N–H and O–H groups in total. The van der Waals surface area contributed by atoms with Crippen LogP contribution in [0.25, 0.3) is 0 Å². The van der Waals surface area contributed by atoms with Crippen molar-refractivity contribution in [2.45, 2.75) is 126 Å². The molecule has 0 fully saturated rings. The van der Waals surface area contributed by atoms with E-state index < -0.39 is 21.7 Å². The smallest absolute Gasteiger partial charge is 0.305 e. The predicted octanol–water partition coefficient (Wildman–Crippen LogP) is 12.4. The number of carbonyl (C=O) groups excluding carboxylic acids is 4. The molecule has 0 atom stereocenters. The minimum absolute atomic E-state index is 0.0134. The van der Waals surface area contributed by atoms with Gasteiger partial charge in [-0.1, -0.05) is 48.5 Å². The zero-order chi connectivity index (χ0) is 59.5. The van der Waals surface area contributed by atoms with Crippen molar-refractivity contribution in [3.63, 3.8) is 0 Å². The largest absolute Gasteiger partial charge is 0.508 e. The van der Waals surface area contributed by atoms with Crippen molar-refractivity contribution in [2.24, 2.45) is 0 Å². The lowest BCUT2D eigenvalue weighted by Crippen LogP contribution is -2.36. The summed E-state index contributed by atoms with van der Waals surface area (Å²) in [7, 11) is 0. The Morgan fingerprint density at radius 3 is 0.679 bits per heavy atom. The van der Waals surface area contributed by atoms with Crippen molar-refractivity contribution < 1.29 is 58.6 Å². The monoisotopic (exact) mass is 1140 g/mol. The first-order valence-electron chi connectivity index (χ1n) is 29.3. The fraction of sp³-hybridized carbons (Fsp3) is 0.353. The minimum atomic E-state index is -1.20. The highest BCUT2D eigenvalue weighted by Gasteiger charge is 2.48. The Labute approximate surface area is 489 Å². The van der Waals surface area contributed by atoms with E-state index in [4.69, 9.17) is 18.9 Å². The molecule has 4 aromatic heterocycles. The van der Waals surface area contributed by atoms with E-state index in [1.165, 1.54) is 0 Å². The first kappa shape index (κ1) is 59.7. The molecular formula is C68H76N4O12. The summed E-state index contributed by atoms with van der Waals surface area (Å²) in [5.74, 6) is -1.40. The molecule has 9 rings (SSSR count). The number of fused-ring (bicyclic) bond motifs is 8. The summed E-state index contributed by atoms with van der Waals surface area (Å²) in [6.45, 7) is 7.91. The van der Waals surface area contributed by atoms with Crippen molar-refractivity contribution in [1.82, 2.24) is 19.9 Å². The number of ether oxygens (including phenoxy) is 4. The number of rotatable bonds is 24. The molecule has 5 heterocycles. The van der Waals surface area contributed by atoms with Gasteiger partial charge in [-0.25, -0.2) is 0 Å². The third-order valence-electron chi connectivity index (χ3n) is 16.7. The van der Waals surface area contributed by atoms with Crippen LogP contribution in [0.1, 0.15) is 173 Å². The quantitative estimate of drug-likeness (QED) is 0.0208. The molecule has 0 saturated heterocycles. The molecule has 0 radical (unpaired) electrons. The minimum Gasteiger partial charge on any atom is -0.508 e. The molecular weight excluding hydrogens is 1060 g/mol. The molecule has 8 bridgehead atoms. The molecule has 16 nitrogen and oxygen atoms in total. The van der Waals surface area contributed by atoms with E-state index >= 15 is 0 Å². The number of nitrogens with one attached hydrogen (secondary N) is 4. The summed E-state index contributed by atoms with van der Waals surface area (Å²) < 4.78 is 22.0. The number of phenolic OH excluding ortho intramolecular Hbond substituents is 4. The van der Waals surface area contributed by atoms with Gasteiger partial charge in [-0.3, -0.25) is 19.2 Å². The van der Waals surface area contributed by atoms with E-state index in [-0.39, 0.29) is 99.0 Å². The van der Waals surface area contributed by atoms with Crippen molar-refractivity contribution in [3.8, 4) is 23.0 Å². The Morgan fingerprint density at radius 1 is 0.321 bits per heavy atom. The number of aromatic nitrogens is 4. The molecule has 4 aromatic carbocycles. The summed E-state index contributed by atoms with van der Waals surface area (Å²) in [6, 6.07) is 44.4. The van der Waals surface area contributed by atoms with Gasteiger partial charge in [0.2, 0.25) is 0 Å². The maximum atomic E-state index is 13.3. The maximum Gasteiger partial charge on any atom is 0.305 e. The Morgan fingerprint density at radius 2 is 0.512 bits per heavy atom. The topological polar surface area (TPSA) is 249 Å². The lowest BCUT2D eigenvalue weighted by molar-refractivity contribution is -0.144. The van der Waals surface area contributed by atoms with Crippen LogP contribution in [0.15, 0.2) is 146 Å². The zero-order valence-electron chi connectivity index (χ0n) is 48.2. The standard InChI is InChI=1S/C68H76N4O12/c1-5-81-61(77)25-13-37-65(45-17-9-21-49(73)41-45)53-29-31-55(69-53)66(38-14-26-62(78)82-6-2,46-18-10-22-50(74)42-46)57-33-35-59(71-57)68(40-16-28-64(80)84-8-4,48-20-12-24-52(76)44-48)60-36-34-58(72-60)67(56-32-30-54(65)70-56,39-15-27-63(79)83-7-3)47-19-11-23-51(75)43-47/h9-12,17-24,29-36,41-44,69-76H,5-8,13-16,25-28,37-40H2,1-4H3. The summed E-state index contributed by atoms with van der Waals surface area (Å²) in [5, 5.41) is 46.0. The number of benzene rings is 4. The molecule has 8 aromatic rings. The molecule has 440 valence electrons. The molecule has 1 aliphatic rings. The predicted molar refractivity (Wildman–Crippen MR) is 317 cm³/mol. The second-order valence-corrected chi connectivity index (χ2v) is 21.6. The number of hydrogen-bond donors (Lipinski definition) is 8. The number of aromatic amines is 4. The Balaban J connectivity index is 1.44. The molecule has 16 heteroatoms. The lowest BCUT2D eigenvalue weighted by atomic mass is 9.70. The third-order valence-corrected chi connectivity index (χ3v) is 16.7. The van der Waals surface area contributed by atoms with Crippen LogP contribution in [0.4, 0.5) is 0 Å². The summed E-state index contributed by atoms with van der Waals surface area (Å²) >= 11 is 0. The molecule has 1 aliphatic heterocycles. The molecule has 0 amide bonds. The first-order chi connectivity index (χ1) is 40.7. The van der Waals surface area contributed by atoms with Crippen molar-refractivity contribution in [1.29, 1.82) is 0 Å². The summed E-state index contributed by atoms with van der Waals surface area (Å²) in [4.78, 5) is 69.3. The average molecular weight is 1140 g/mol. The number of aromatic hydroxyl groups is 4. The number of carbonyl (C=O) groups is 4. The zero-order valence-corrected chi connectivity index (χ0v) is 48.2. The normalized spacial score (nSPS) is 19.1. The summed E-state index contributed by atoms with van der Waals surface area (Å²) in [6.07, 6.45) is 2.85. The summed E-state index contributed by atoms with van der Waals surface area (Å²) in [5.41, 5.74) is 3.36. The van der Waals surface area contributed by atoms with Crippen LogP contribution in [0.3, 0.4) is 0 Å². The van der Waals surface area contributed by atoms with E-state index in [0.29, 0.717) is 119 Å². The highest BCUT2D eigenvalue weighted by Crippen LogP contribution is 2.53. The van der Waals surface area contributed by atoms with Crippen LogP contribution < -0.4 is 0 Å². The average Bonchev–Trinajstić information content (AvgIpc) is 2.72. The van der Waals surface area contributed by atoms with Gasteiger partial charge >= 0.3 is 23.9 Å². The Hall–Kier alpha value is -8.92. The third kappa shape index (κ3) is 11.8. The first-order valence-corrected chi connectivity index (χ1v) is 29.3. The van der Waals surface area contributed by atoms with Gasteiger partial charge in [0.25, 0.3) is 0 Å². The number of hydrogen-bond acceptors (Lipinski definition) is 12. The molecule has 0 spiro atoms. The number of H-pyrrole nitrogens is 4. The fourth-order valence-electron chi connectivity index (χ4n) is 13.1. The second kappa shape index (κ2) is 26.1. The van der Waals surface area contributed by atoms with Crippen molar-refractivity contribution in [3.05, 3.63) is 213 Å². The molecule has 84 heavy (non-hydrogen) atoms. The number of esters is 4. The Kier molecular flexibility index (Phi) is 18.6. The molecule has 0 saturated carbocycles. The van der Waals surface area contributed by atoms with Gasteiger partial charge in [0, 0.05) is 71.2 Å². The van der Waals surface area contributed by atoms with Gasteiger partial charge in [0.1, 0.15) is 23.0 Å². The van der Waals surface area contributed by atoms with E-state index in [1.54, 1.807) is 100 Å². The second-order valence-electron chi connectivity index (χ2n) is 21.6. The van der Waals surface area contributed by atoms with Gasteiger partial charge in [0.15, 0.2) is 0 Å². The Bertz CT molecular complexity index is 3030. The van der Waals surface area contributed by atoms with Crippen LogP contribution in [0, 0.1) is 0 Å². The molecule has 0 aliphatic carbocycles. The maximum absolute atomic E-state index is 13.3. The molecule has 0 unspecified atom stereocenters. The van der Waals surface area contributed by atoms with Crippen LogP contribution in [-0.2, 0) is 59.8 Å². The van der Waals surface area contributed by atoms with Gasteiger partial charge < -0.3 is 59.3 Å². The van der Waals surface area contributed by atoms with Gasteiger partial charge in [-0.2, -0.15) is 0 Å². The van der Waals surface area contributed by atoms with Crippen LogP contribution in [0.2, 0.25) is 0 Å². The van der Waals surface area contributed by atoms with Gasteiger partial charge in [-0.15, -0.1) is 0 Å². The van der Waals surface area contributed by atoms with E-state index in [1.807, 2.05) is 72.8 Å². The van der Waals surface area contributed by atoms with E-state index in [0.717, 1.165) is 0 Å². The fourth-order valence-corrected chi connectivity index (χ4v) is 13.1.